The van der Waals surface area contributed by atoms with Crippen LogP contribution in [-0.2, 0) is 10.0 Å². The molecule has 7 heteroatoms. The largest absolute Gasteiger partial charge is 0.313 e. The molecular formula is C16H18BrN3O2S. The first-order chi connectivity index (χ1) is 11.0. The number of sulfonamides is 1. The van der Waals surface area contributed by atoms with Crippen molar-refractivity contribution in [3.8, 4) is 0 Å². The molecule has 5 nitrogen and oxygen atoms in total. The van der Waals surface area contributed by atoms with E-state index in [2.05, 4.69) is 26.2 Å². The van der Waals surface area contributed by atoms with Gasteiger partial charge >= 0.3 is 0 Å². The van der Waals surface area contributed by atoms with E-state index in [-0.39, 0.29) is 6.04 Å². The van der Waals surface area contributed by atoms with E-state index in [4.69, 9.17) is 0 Å². The average Bonchev–Trinajstić information content (AvgIpc) is 2.55. The Morgan fingerprint density at radius 1 is 1.35 bits per heavy atom. The van der Waals surface area contributed by atoms with Crippen molar-refractivity contribution in [3.63, 3.8) is 0 Å². The molecule has 1 N–H and O–H groups in total. The number of rotatable bonds is 3. The minimum absolute atomic E-state index is 0.254. The van der Waals surface area contributed by atoms with Crippen molar-refractivity contribution < 1.29 is 8.42 Å². The van der Waals surface area contributed by atoms with Gasteiger partial charge < -0.3 is 5.32 Å². The summed E-state index contributed by atoms with van der Waals surface area (Å²) in [7, 11) is -3.59. The van der Waals surface area contributed by atoms with Crippen LogP contribution in [0.3, 0.4) is 0 Å². The molecule has 1 aliphatic heterocycles. The first-order valence-electron chi connectivity index (χ1n) is 7.39. The van der Waals surface area contributed by atoms with E-state index in [1.807, 2.05) is 31.2 Å². The Hall–Kier alpha value is -1.28. The summed E-state index contributed by atoms with van der Waals surface area (Å²) < 4.78 is 28.5. The smallest absolute Gasteiger partial charge is 0.244 e. The molecule has 0 saturated carbocycles. The third-order valence-corrected chi connectivity index (χ3v) is 6.82. The maximum atomic E-state index is 13.2. The summed E-state index contributed by atoms with van der Waals surface area (Å²) in [6, 6.07) is 8.80. The summed E-state index contributed by atoms with van der Waals surface area (Å²) in [5.41, 5.74) is 1.91. The van der Waals surface area contributed by atoms with Crippen molar-refractivity contribution in [2.75, 3.05) is 19.6 Å². The van der Waals surface area contributed by atoms with E-state index in [1.165, 1.54) is 0 Å². The van der Waals surface area contributed by atoms with Gasteiger partial charge in [0.05, 0.1) is 10.9 Å². The summed E-state index contributed by atoms with van der Waals surface area (Å²) in [6.45, 7) is 3.58. The standard InChI is InChI=1S/C16H18BrN3O2S/c1-12-4-5-16(14(17)9-12)23(21,22)20-8-7-19-11-15(20)13-3-2-6-18-10-13/h2-6,9-10,15,19H,7-8,11H2,1H3. The Labute approximate surface area is 144 Å². The van der Waals surface area contributed by atoms with Crippen LogP contribution in [0.4, 0.5) is 0 Å². The van der Waals surface area contributed by atoms with Gasteiger partial charge in [0.2, 0.25) is 10.0 Å². The molecular weight excluding hydrogens is 378 g/mol. The van der Waals surface area contributed by atoms with Crippen LogP contribution in [0.25, 0.3) is 0 Å². The summed E-state index contributed by atoms with van der Waals surface area (Å²) in [5.74, 6) is 0. The van der Waals surface area contributed by atoms with Crippen molar-refractivity contribution in [2.45, 2.75) is 17.9 Å². The van der Waals surface area contributed by atoms with Crippen LogP contribution in [0.5, 0.6) is 0 Å². The Kier molecular flexibility index (Phi) is 4.82. The molecule has 0 aliphatic carbocycles. The lowest BCUT2D eigenvalue weighted by atomic mass is 10.1. The summed E-state index contributed by atoms with van der Waals surface area (Å²) in [6.07, 6.45) is 3.42. The third-order valence-electron chi connectivity index (χ3n) is 3.94. The van der Waals surface area contributed by atoms with Gasteiger partial charge in [0.15, 0.2) is 0 Å². The molecule has 3 rings (SSSR count). The van der Waals surface area contributed by atoms with Crippen molar-refractivity contribution in [2.24, 2.45) is 0 Å². The Morgan fingerprint density at radius 2 is 2.17 bits per heavy atom. The van der Waals surface area contributed by atoms with E-state index < -0.39 is 10.0 Å². The third kappa shape index (κ3) is 3.33. The zero-order chi connectivity index (χ0) is 16.4. The number of nitrogens with zero attached hydrogens (tertiary/aromatic N) is 2. The number of aryl methyl sites for hydroxylation is 1. The zero-order valence-electron chi connectivity index (χ0n) is 12.7. The number of pyridine rings is 1. The molecule has 1 fully saturated rings. The van der Waals surface area contributed by atoms with Crippen LogP contribution in [0, 0.1) is 6.92 Å². The molecule has 0 amide bonds. The van der Waals surface area contributed by atoms with Gasteiger partial charge in [-0.15, -0.1) is 0 Å². The molecule has 0 bridgehead atoms. The number of benzene rings is 1. The summed E-state index contributed by atoms with van der Waals surface area (Å²) >= 11 is 3.39. The highest BCUT2D eigenvalue weighted by Gasteiger charge is 2.35. The number of hydrogen-bond donors (Lipinski definition) is 1. The second-order valence-corrected chi connectivity index (χ2v) is 8.27. The van der Waals surface area contributed by atoms with Crippen LogP contribution in [-0.4, -0.2) is 37.3 Å². The topological polar surface area (TPSA) is 62.3 Å². The fraction of sp³-hybridized carbons (Fsp3) is 0.312. The molecule has 1 unspecified atom stereocenters. The maximum absolute atomic E-state index is 13.2. The minimum Gasteiger partial charge on any atom is -0.313 e. The highest BCUT2D eigenvalue weighted by atomic mass is 79.9. The maximum Gasteiger partial charge on any atom is 0.244 e. The van der Waals surface area contributed by atoms with Gasteiger partial charge in [-0.1, -0.05) is 12.1 Å². The van der Waals surface area contributed by atoms with Gasteiger partial charge in [-0.25, -0.2) is 8.42 Å². The van der Waals surface area contributed by atoms with Crippen LogP contribution >= 0.6 is 15.9 Å². The number of aromatic nitrogens is 1. The van der Waals surface area contributed by atoms with Gasteiger partial charge in [-0.05, 0) is 52.2 Å². The van der Waals surface area contributed by atoms with Gasteiger partial charge in [-0.3, -0.25) is 4.98 Å². The average molecular weight is 396 g/mol. The predicted octanol–water partition coefficient (Wildman–Crippen LogP) is 2.49. The van der Waals surface area contributed by atoms with Crippen LogP contribution < -0.4 is 5.32 Å². The van der Waals surface area contributed by atoms with Crippen LogP contribution in [0.15, 0.2) is 52.1 Å². The molecule has 1 aromatic carbocycles. The van der Waals surface area contributed by atoms with E-state index in [0.717, 1.165) is 11.1 Å². The highest BCUT2D eigenvalue weighted by molar-refractivity contribution is 9.10. The molecule has 0 radical (unpaired) electrons. The lowest BCUT2D eigenvalue weighted by Gasteiger charge is -2.35. The van der Waals surface area contributed by atoms with Crippen LogP contribution in [0.1, 0.15) is 17.2 Å². The van der Waals surface area contributed by atoms with Crippen molar-refractivity contribution in [3.05, 3.63) is 58.3 Å². The van der Waals surface area contributed by atoms with E-state index in [1.54, 1.807) is 22.8 Å². The number of nitrogens with one attached hydrogen (secondary N) is 1. The molecule has 1 atom stereocenters. The summed E-state index contributed by atoms with van der Waals surface area (Å²) in [4.78, 5) is 4.42. The Bertz CT molecular complexity index is 796. The number of hydrogen-bond acceptors (Lipinski definition) is 4. The van der Waals surface area contributed by atoms with E-state index >= 15 is 0 Å². The van der Waals surface area contributed by atoms with Crippen molar-refractivity contribution >= 4 is 26.0 Å². The second kappa shape index (κ2) is 6.68. The molecule has 1 saturated heterocycles. The first-order valence-corrected chi connectivity index (χ1v) is 9.62. The van der Waals surface area contributed by atoms with Crippen molar-refractivity contribution in [1.82, 2.24) is 14.6 Å². The number of piperazine rings is 1. The van der Waals surface area contributed by atoms with Gasteiger partial charge in [0.25, 0.3) is 0 Å². The first kappa shape index (κ1) is 16.6. The summed E-state index contributed by atoms with van der Waals surface area (Å²) in [5, 5.41) is 3.26. The fourth-order valence-corrected chi connectivity index (χ4v) is 5.54. The van der Waals surface area contributed by atoms with Gasteiger partial charge in [0, 0.05) is 36.5 Å². The highest BCUT2D eigenvalue weighted by Crippen LogP contribution is 2.32. The lowest BCUT2D eigenvalue weighted by molar-refractivity contribution is 0.271. The van der Waals surface area contributed by atoms with Gasteiger partial charge in [0.1, 0.15) is 0 Å². The normalized spacial score (nSPS) is 19.7. The van der Waals surface area contributed by atoms with Crippen LogP contribution in [0.2, 0.25) is 0 Å². The molecule has 1 aromatic heterocycles. The SMILES string of the molecule is Cc1ccc(S(=O)(=O)N2CCNCC2c2cccnc2)c(Br)c1. The van der Waals surface area contributed by atoms with E-state index in [0.29, 0.717) is 29.0 Å². The second-order valence-electron chi connectivity index (χ2n) is 5.56. The quantitative estimate of drug-likeness (QED) is 0.866. The molecule has 0 spiro atoms. The molecule has 23 heavy (non-hydrogen) atoms. The lowest BCUT2D eigenvalue weighted by Crippen LogP contribution is -2.48. The molecule has 2 heterocycles. The Balaban J connectivity index is 2.02. The monoisotopic (exact) mass is 395 g/mol. The Morgan fingerprint density at radius 3 is 2.87 bits per heavy atom. The van der Waals surface area contributed by atoms with Gasteiger partial charge in [-0.2, -0.15) is 4.31 Å². The fourth-order valence-electron chi connectivity index (χ4n) is 2.77. The minimum atomic E-state index is -3.59. The molecule has 2 aromatic rings. The molecule has 122 valence electrons. The predicted molar refractivity (Wildman–Crippen MR) is 92.6 cm³/mol. The molecule has 1 aliphatic rings. The van der Waals surface area contributed by atoms with E-state index in [9.17, 15) is 8.42 Å². The zero-order valence-corrected chi connectivity index (χ0v) is 15.1. The number of halogens is 1. The van der Waals surface area contributed by atoms with Crippen molar-refractivity contribution in [1.29, 1.82) is 0 Å².